The Labute approximate surface area is 115 Å². The molecule has 1 unspecified atom stereocenters. The highest BCUT2D eigenvalue weighted by Gasteiger charge is 2.41. The zero-order valence-corrected chi connectivity index (χ0v) is 12.1. The largest absolute Gasteiger partial charge is 0.496 e. The molecule has 4 heteroatoms. The van der Waals surface area contributed by atoms with E-state index in [1.807, 2.05) is 18.2 Å². The summed E-state index contributed by atoms with van der Waals surface area (Å²) in [5, 5.41) is 0. The molecule has 1 aromatic rings. The Bertz CT molecular complexity index is 414. The van der Waals surface area contributed by atoms with Crippen molar-refractivity contribution in [2.75, 3.05) is 34.4 Å². The molecule has 1 heterocycles. The summed E-state index contributed by atoms with van der Waals surface area (Å²) in [4.78, 5) is 2.34. The third-order valence-corrected chi connectivity index (χ3v) is 4.30. The molecule has 1 aromatic carbocycles. The minimum Gasteiger partial charge on any atom is -0.496 e. The number of likely N-dealkylation sites (tertiary alicyclic amines) is 1. The van der Waals surface area contributed by atoms with Crippen molar-refractivity contribution >= 4 is 0 Å². The number of nitrogens with two attached hydrogens (primary N) is 1. The van der Waals surface area contributed by atoms with Crippen LogP contribution in [0.2, 0.25) is 0 Å². The van der Waals surface area contributed by atoms with Crippen LogP contribution in [0.1, 0.15) is 24.8 Å². The second-order valence-corrected chi connectivity index (χ2v) is 5.15. The van der Waals surface area contributed by atoms with Gasteiger partial charge in [-0.05, 0) is 45.0 Å². The first-order valence-electron chi connectivity index (χ1n) is 6.82. The molecule has 2 N–H and O–H groups in total. The molecular weight excluding hydrogens is 240 g/mol. The molecule has 1 aliphatic rings. The normalized spacial score (nSPS) is 24.2. The Morgan fingerprint density at radius 3 is 2.32 bits per heavy atom. The van der Waals surface area contributed by atoms with Gasteiger partial charge in [0.1, 0.15) is 11.5 Å². The summed E-state index contributed by atoms with van der Waals surface area (Å²) in [6, 6.07) is 5.92. The van der Waals surface area contributed by atoms with Crippen molar-refractivity contribution < 1.29 is 9.47 Å². The van der Waals surface area contributed by atoms with Crippen molar-refractivity contribution in [2.24, 2.45) is 5.73 Å². The van der Waals surface area contributed by atoms with Crippen LogP contribution in [-0.2, 0) is 5.54 Å². The molecule has 0 amide bonds. The number of ether oxygens (including phenoxy) is 2. The van der Waals surface area contributed by atoms with E-state index in [1.54, 1.807) is 14.2 Å². The maximum absolute atomic E-state index is 6.16. The van der Waals surface area contributed by atoms with Crippen LogP contribution in [0.5, 0.6) is 11.5 Å². The van der Waals surface area contributed by atoms with Crippen LogP contribution in [0.15, 0.2) is 18.2 Å². The average Bonchev–Trinajstić information content (AvgIpc) is 2.47. The average molecular weight is 264 g/mol. The van der Waals surface area contributed by atoms with E-state index in [0.29, 0.717) is 6.54 Å². The third-order valence-electron chi connectivity index (χ3n) is 4.30. The topological polar surface area (TPSA) is 47.7 Å². The maximum Gasteiger partial charge on any atom is 0.127 e. The lowest BCUT2D eigenvalue weighted by Gasteiger charge is -2.46. The second kappa shape index (κ2) is 5.80. The SMILES string of the molecule is COc1cccc(OC)c1C1(CN)CCCCN1C. The van der Waals surface area contributed by atoms with Gasteiger partial charge in [-0.2, -0.15) is 0 Å². The highest BCUT2D eigenvalue weighted by Crippen LogP contribution is 2.45. The van der Waals surface area contributed by atoms with E-state index in [4.69, 9.17) is 15.2 Å². The summed E-state index contributed by atoms with van der Waals surface area (Å²) >= 11 is 0. The molecule has 1 atom stereocenters. The minimum atomic E-state index is -0.184. The lowest BCUT2D eigenvalue weighted by atomic mass is 9.79. The monoisotopic (exact) mass is 264 g/mol. The minimum absolute atomic E-state index is 0.184. The van der Waals surface area contributed by atoms with Gasteiger partial charge in [0.05, 0.1) is 25.3 Å². The number of rotatable bonds is 4. The molecule has 0 saturated carbocycles. The summed E-state index contributed by atoms with van der Waals surface area (Å²) in [6.45, 7) is 1.62. The molecule has 0 spiro atoms. The number of likely N-dealkylation sites (N-methyl/N-ethyl adjacent to an activating group) is 1. The summed E-state index contributed by atoms with van der Waals surface area (Å²) in [6.07, 6.45) is 3.44. The van der Waals surface area contributed by atoms with Gasteiger partial charge >= 0.3 is 0 Å². The Hall–Kier alpha value is -1.26. The molecule has 19 heavy (non-hydrogen) atoms. The highest BCUT2D eigenvalue weighted by atomic mass is 16.5. The van der Waals surface area contributed by atoms with E-state index >= 15 is 0 Å². The van der Waals surface area contributed by atoms with Gasteiger partial charge in [-0.25, -0.2) is 0 Å². The van der Waals surface area contributed by atoms with Crippen LogP contribution in [0.4, 0.5) is 0 Å². The molecule has 2 rings (SSSR count). The molecule has 4 nitrogen and oxygen atoms in total. The molecule has 0 aliphatic carbocycles. The van der Waals surface area contributed by atoms with Crippen molar-refractivity contribution in [1.82, 2.24) is 4.90 Å². The number of hydrogen-bond donors (Lipinski definition) is 1. The quantitative estimate of drug-likeness (QED) is 0.903. The van der Waals surface area contributed by atoms with E-state index in [0.717, 1.165) is 30.0 Å². The fourth-order valence-corrected chi connectivity index (χ4v) is 3.16. The van der Waals surface area contributed by atoms with Gasteiger partial charge in [-0.3, -0.25) is 4.90 Å². The maximum atomic E-state index is 6.16. The second-order valence-electron chi connectivity index (χ2n) is 5.15. The van der Waals surface area contributed by atoms with Gasteiger partial charge in [0.2, 0.25) is 0 Å². The lowest BCUT2D eigenvalue weighted by Crippen LogP contribution is -2.52. The fourth-order valence-electron chi connectivity index (χ4n) is 3.16. The Morgan fingerprint density at radius 1 is 1.21 bits per heavy atom. The summed E-state index contributed by atoms with van der Waals surface area (Å²) in [7, 11) is 5.54. The van der Waals surface area contributed by atoms with Crippen molar-refractivity contribution in [3.63, 3.8) is 0 Å². The summed E-state index contributed by atoms with van der Waals surface area (Å²) in [5.41, 5.74) is 7.06. The Balaban J connectivity index is 2.59. The number of benzene rings is 1. The Kier molecular flexibility index (Phi) is 4.32. The van der Waals surface area contributed by atoms with Gasteiger partial charge in [-0.15, -0.1) is 0 Å². The summed E-state index contributed by atoms with van der Waals surface area (Å²) < 4.78 is 11.1. The standard InChI is InChI=1S/C15H24N2O2/c1-17-10-5-4-9-15(17,11-16)14-12(18-2)7-6-8-13(14)19-3/h6-8H,4-5,9-11,16H2,1-3H3. The molecule has 1 fully saturated rings. The van der Waals surface area contributed by atoms with Crippen LogP contribution in [0, 0.1) is 0 Å². The van der Waals surface area contributed by atoms with E-state index in [9.17, 15) is 0 Å². The van der Waals surface area contributed by atoms with Crippen LogP contribution in [0.3, 0.4) is 0 Å². The number of methoxy groups -OCH3 is 2. The Morgan fingerprint density at radius 2 is 1.84 bits per heavy atom. The lowest BCUT2D eigenvalue weighted by molar-refractivity contribution is 0.0732. The fraction of sp³-hybridized carbons (Fsp3) is 0.600. The van der Waals surface area contributed by atoms with E-state index in [2.05, 4.69) is 11.9 Å². The summed E-state index contributed by atoms with van der Waals surface area (Å²) in [5.74, 6) is 1.72. The molecule has 106 valence electrons. The van der Waals surface area contributed by atoms with E-state index in [1.165, 1.54) is 12.8 Å². The predicted molar refractivity (Wildman–Crippen MR) is 76.8 cm³/mol. The van der Waals surface area contributed by atoms with Crippen LogP contribution >= 0.6 is 0 Å². The third kappa shape index (κ3) is 2.30. The van der Waals surface area contributed by atoms with Crippen molar-refractivity contribution in [2.45, 2.75) is 24.8 Å². The molecule has 0 aromatic heterocycles. The highest BCUT2D eigenvalue weighted by molar-refractivity contribution is 5.50. The zero-order valence-electron chi connectivity index (χ0n) is 12.1. The van der Waals surface area contributed by atoms with Gasteiger partial charge in [0, 0.05) is 6.54 Å². The van der Waals surface area contributed by atoms with E-state index in [-0.39, 0.29) is 5.54 Å². The van der Waals surface area contributed by atoms with Crippen LogP contribution in [0.25, 0.3) is 0 Å². The first-order chi connectivity index (χ1) is 9.19. The smallest absolute Gasteiger partial charge is 0.127 e. The van der Waals surface area contributed by atoms with Crippen LogP contribution in [-0.4, -0.2) is 39.3 Å². The van der Waals surface area contributed by atoms with Crippen molar-refractivity contribution in [3.05, 3.63) is 23.8 Å². The number of nitrogens with zero attached hydrogens (tertiary/aromatic N) is 1. The molecule has 1 aliphatic heterocycles. The van der Waals surface area contributed by atoms with E-state index < -0.39 is 0 Å². The molecule has 1 saturated heterocycles. The molecular formula is C15H24N2O2. The van der Waals surface area contributed by atoms with Crippen molar-refractivity contribution in [1.29, 1.82) is 0 Å². The van der Waals surface area contributed by atoms with Gasteiger partial charge in [0.25, 0.3) is 0 Å². The predicted octanol–water partition coefficient (Wildman–Crippen LogP) is 1.97. The first-order valence-corrected chi connectivity index (χ1v) is 6.82. The zero-order chi connectivity index (χ0) is 13.9. The molecule has 0 bridgehead atoms. The first kappa shape index (κ1) is 14.2. The van der Waals surface area contributed by atoms with Gasteiger partial charge < -0.3 is 15.2 Å². The van der Waals surface area contributed by atoms with Crippen LogP contribution < -0.4 is 15.2 Å². The van der Waals surface area contributed by atoms with Crippen molar-refractivity contribution in [3.8, 4) is 11.5 Å². The number of hydrogen-bond acceptors (Lipinski definition) is 4. The van der Waals surface area contributed by atoms with Gasteiger partial charge in [0.15, 0.2) is 0 Å². The molecule has 0 radical (unpaired) electrons. The van der Waals surface area contributed by atoms with Gasteiger partial charge in [-0.1, -0.05) is 6.07 Å². The number of piperidine rings is 1.